The van der Waals surface area contributed by atoms with Gasteiger partial charge in [-0.2, -0.15) is 0 Å². The van der Waals surface area contributed by atoms with E-state index in [1.165, 1.54) is 6.42 Å². The summed E-state index contributed by atoms with van der Waals surface area (Å²) in [5.74, 6) is 0.498. The van der Waals surface area contributed by atoms with Crippen molar-refractivity contribution in [2.24, 2.45) is 5.92 Å². The smallest absolute Gasteiger partial charge is 0.257 e. The minimum Gasteiger partial charge on any atom is -0.335 e. The predicted octanol–water partition coefficient (Wildman–Crippen LogP) is 3.69. The molecule has 0 bridgehead atoms. The summed E-state index contributed by atoms with van der Waals surface area (Å²) >= 11 is 6.18. The zero-order chi connectivity index (χ0) is 14.0. The van der Waals surface area contributed by atoms with Gasteiger partial charge in [-0.3, -0.25) is 9.78 Å². The first-order valence-corrected chi connectivity index (χ1v) is 7.31. The van der Waals surface area contributed by atoms with E-state index in [9.17, 15) is 4.79 Å². The summed E-state index contributed by atoms with van der Waals surface area (Å²) < 4.78 is 0. The molecule has 1 fully saturated rings. The fourth-order valence-electron chi connectivity index (χ4n) is 2.74. The van der Waals surface area contributed by atoms with E-state index < -0.39 is 0 Å². The standard InChI is InChI=1S/C15H21ClN2O/c1-10(2)14-6-4-5-7-18(14)15(19)12-9-17-11(3)8-13(12)16/h8-10,14H,4-7H2,1-3H3. The van der Waals surface area contributed by atoms with Crippen LogP contribution in [0.25, 0.3) is 0 Å². The highest BCUT2D eigenvalue weighted by atomic mass is 35.5. The van der Waals surface area contributed by atoms with Gasteiger partial charge in [-0.15, -0.1) is 0 Å². The summed E-state index contributed by atoms with van der Waals surface area (Å²) in [5, 5.41) is 0.505. The topological polar surface area (TPSA) is 33.2 Å². The summed E-state index contributed by atoms with van der Waals surface area (Å²) in [4.78, 5) is 18.8. The molecule has 0 N–H and O–H groups in total. The van der Waals surface area contributed by atoms with E-state index in [2.05, 4.69) is 18.8 Å². The second kappa shape index (κ2) is 5.91. The Morgan fingerprint density at radius 3 is 2.84 bits per heavy atom. The lowest BCUT2D eigenvalue weighted by Crippen LogP contribution is -2.46. The molecule has 1 saturated heterocycles. The highest BCUT2D eigenvalue weighted by molar-refractivity contribution is 6.33. The quantitative estimate of drug-likeness (QED) is 0.828. The summed E-state index contributed by atoms with van der Waals surface area (Å²) in [6.45, 7) is 7.04. The first-order chi connectivity index (χ1) is 9.00. The molecule has 0 saturated carbocycles. The van der Waals surface area contributed by atoms with Crippen molar-refractivity contribution in [3.63, 3.8) is 0 Å². The fourth-order valence-corrected chi connectivity index (χ4v) is 3.03. The molecule has 1 aliphatic heterocycles. The van der Waals surface area contributed by atoms with Crippen LogP contribution in [0.1, 0.15) is 49.2 Å². The SMILES string of the molecule is Cc1cc(Cl)c(C(=O)N2CCCCC2C(C)C)cn1. The maximum Gasteiger partial charge on any atom is 0.257 e. The molecule has 1 unspecified atom stereocenters. The Morgan fingerprint density at radius 2 is 2.21 bits per heavy atom. The van der Waals surface area contributed by atoms with Gasteiger partial charge in [0.15, 0.2) is 0 Å². The molecule has 1 amide bonds. The zero-order valence-corrected chi connectivity index (χ0v) is 12.6. The second-order valence-corrected chi connectivity index (χ2v) is 6.02. The van der Waals surface area contributed by atoms with Gasteiger partial charge in [0.2, 0.25) is 0 Å². The zero-order valence-electron chi connectivity index (χ0n) is 11.8. The number of rotatable bonds is 2. The molecule has 1 aromatic heterocycles. The van der Waals surface area contributed by atoms with Crippen molar-refractivity contribution in [2.45, 2.75) is 46.1 Å². The molecule has 1 aromatic rings. The van der Waals surface area contributed by atoms with Crippen molar-refractivity contribution in [1.82, 2.24) is 9.88 Å². The number of carbonyl (C=O) groups is 1. The average Bonchev–Trinajstić information content (AvgIpc) is 2.38. The van der Waals surface area contributed by atoms with Gasteiger partial charge in [-0.25, -0.2) is 0 Å². The number of halogens is 1. The normalized spacial score (nSPS) is 19.8. The number of aryl methyl sites for hydroxylation is 1. The third-order valence-corrected chi connectivity index (χ3v) is 4.11. The van der Waals surface area contributed by atoms with Crippen LogP contribution in [0.15, 0.2) is 12.3 Å². The van der Waals surface area contributed by atoms with Gasteiger partial charge < -0.3 is 4.90 Å². The summed E-state index contributed by atoms with van der Waals surface area (Å²) in [6.07, 6.45) is 4.96. The average molecular weight is 281 g/mol. The fraction of sp³-hybridized carbons (Fsp3) is 0.600. The van der Waals surface area contributed by atoms with Gasteiger partial charge in [0.1, 0.15) is 0 Å². The third kappa shape index (κ3) is 3.08. The van der Waals surface area contributed by atoms with Crippen LogP contribution >= 0.6 is 11.6 Å². The van der Waals surface area contributed by atoms with Crippen molar-refractivity contribution in [3.05, 3.63) is 28.5 Å². The Bertz CT molecular complexity index is 473. The van der Waals surface area contributed by atoms with Gasteiger partial charge >= 0.3 is 0 Å². The van der Waals surface area contributed by atoms with Crippen LogP contribution in [0.3, 0.4) is 0 Å². The number of hydrogen-bond donors (Lipinski definition) is 0. The molecule has 0 aromatic carbocycles. The van der Waals surface area contributed by atoms with E-state index in [0.29, 0.717) is 22.5 Å². The van der Waals surface area contributed by atoms with Crippen molar-refractivity contribution in [3.8, 4) is 0 Å². The molecular weight excluding hydrogens is 260 g/mol. The van der Waals surface area contributed by atoms with Crippen LogP contribution in [0.2, 0.25) is 5.02 Å². The van der Waals surface area contributed by atoms with Gasteiger partial charge in [0.05, 0.1) is 10.6 Å². The number of nitrogens with zero attached hydrogens (tertiary/aromatic N) is 2. The molecule has 2 rings (SSSR count). The van der Waals surface area contributed by atoms with Gasteiger partial charge in [-0.1, -0.05) is 25.4 Å². The Kier molecular flexibility index (Phi) is 4.46. The third-order valence-electron chi connectivity index (χ3n) is 3.80. The van der Waals surface area contributed by atoms with E-state index >= 15 is 0 Å². The van der Waals surface area contributed by atoms with E-state index in [4.69, 9.17) is 11.6 Å². The maximum atomic E-state index is 12.6. The molecule has 104 valence electrons. The first-order valence-electron chi connectivity index (χ1n) is 6.94. The lowest BCUT2D eigenvalue weighted by molar-refractivity contribution is 0.0543. The van der Waals surface area contributed by atoms with Crippen LogP contribution in [0, 0.1) is 12.8 Å². The second-order valence-electron chi connectivity index (χ2n) is 5.61. The molecular formula is C15H21ClN2O. The Balaban J connectivity index is 2.26. The predicted molar refractivity (Wildman–Crippen MR) is 77.5 cm³/mol. The Labute approximate surface area is 120 Å². The van der Waals surface area contributed by atoms with Crippen LogP contribution in [0.5, 0.6) is 0 Å². The van der Waals surface area contributed by atoms with Crippen molar-refractivity contribution < 1.29 is 4.79 Å². The van der Waals surface area contributed by atoms with Gasteiger partial charge in [0.25, 0.3) is 5.91 Å². The number of piperidine rings is 1. The highest BCUT2D eigenvalue weighted by Crippen LogP contribution is 2.26. The lowest BCUT2D eigenvalue weighted by Gasteiger charge is -2.38. The van der Waals surface area contributed by atoms with Crippen LogP contribution in [-0.2, 0) is 0 Å². The molecule has 19 heavy (non-hydrogen) atoms. The molecule has 2 heterocycles. The minimum absolute atomic E-state index is 0.0240. The van der Waals surface area contributed by atoms with Crippen molar-refractivity contribution in [1.29, 1.82) is 0 Å². The van der Waals surface area contributed by atoms with Crippen molar-refractivity contribution >= 4 is 17.5 Å². The summed E-state index contributed by atoms with van der Waals surface area (Å²) in [5.41, 5.74) is 1.36. The van der Waals surface area contributed by atoms with Crippen LogP contribution in [-0.4, -0.2) is 28.4 Å². The number of hydrogen-bond acceptors (Lipinski definition) is 2. The molecule has 1 aliphatic rings. The van der Waals surface area contributed by atoms with Crippen LogP contribution < -0.4 is 0 Å². The molecule has 4 heteroatoms. The van der Waals surface area contributed by atoms with Crippen LogP contribution in [0.4, 0.5) is 0 Å². The monoisotopic (exact) mass is 280 g/mol. The number of likely N-dealkylation sites (tertiary alicyclic amines) is 1. The number of amides is 1. The number of pyridine rings is 1. The molecule has 0 radical (unpaired) electrons. The van der Waals surface area contributed by atoms with E-state index in [1.807, 2.05) is 11.8 Å². The summed E-state index contributed by atoms with van der Waals surface area (Å²) in [7, 11) is 0. The number of carbonyl (C=O) groups excluding carboxylic acids is 1. The molecule has 3 nitrogen and oxygen atoms in total. The van der Waals surface area contributed by atoms with E-state index in [-0.39, 0.29) is 5.91 Å². The molecule has 1 atom stereocenters. The maximum absolute atomic E-state index is 12.6. The largest absolute Gasteiger partial charge is 0.335 e. The Morgan fingerprint density at radius 1 is 1.47 bits per heavy atom. The molecule has 0 aliphatic carbocycles. The van der Waals surface area contributed by atoms with Gasteiger partial charge in [-0.05, 0) is 38.2 Å². The highest BCUT2D eigenvalue weighted by Gasteiger charge is 2.30. The van der Waals surface area contributed by atoms with E-state index in [1.54, 1.807) is 12.3 Å². The Hall–Kier alpha value is -1.09. The van der Waals surface area contributed by atoms with Gasteiger partial charge in [0, 0.05) is 24.5 Å². The minimum atomic E-state index is 0.0240. The first kappa shape index (κ1) is 14.3. The number of aromatic nitrogens is 1. The lowest BCUT2D eigenvalue weighted by atomic mass is 9.92. The summed E-state index contributed by atoms with van der Waals surface area (Å²) in [6, 6.07) is 2.07. The van der Waals surface area contributed by atoms with Crippen molar-refractivity contribution in [2.75, 3.05) is 6.54 Å². The van der Waals surface area contributed by atoms with E-state index in [0.717, 1.165) is 25.1 Å². The molecule has 0 spiro atoms.